The molecular formula is C38H62N6O8. The number of nitrogens with one attached hydrogen (secondary N) is 5. The second-order valence-corrected chi connectivity index (χ2v) is 16.0. The molecule has 14 heteroatoms. The fourth-order valence-electron chi connectivity index (χ4n) is 8.03. The number of rotatable bonds is 16. The standard InChI is InChI=1S/C38H62N6O8/c1-7-13-27(32(45)36(49)40-26-18-19-26)41-34(47)29-20-25-16-11-12-17-28(25)44(29)37(50)30(21(2)3)42-35(48)31(24-14-9-8-10-15-24)43-33(46)23(6)39-38(51)52-22(4)5/h21-31H,7-20H2,1-6H3,(H,39,51)(H,40,49)(H,41,47)(H,42,48)(H,43,46)/t23-,25?,27?,28?,29-,30-,31-/m0/s1. The Morgan fingerprint density at radius 1 is 0.750 bits per heavy atom. The topological polar surface area (TPSA) is 192 Å². The first kappa shape index (κ1) is 41.1. The van der Waals surface area contributed by atoms with E-state index in [1.165, 1.54) is 6.92 Å². The van der Waals surface area contributed by atoms with Gasteiger partial charge in [0.05, 0.1) is 12.1 Å². The van der Waals surface area contributed by atoms with Gasteiger partial charge in [0.15, 0.2) is 0 Å². The predicted octanol–water partition coefficient (Wildman–Crippen LogP) is 3.01. The molecule has 0 aromatic carbocycles. The van der Waals surface area contributed by atoms with Crippen LogP contribution in [0.15, 0.2) is 0 Å². The maximum absolute atomic E-state index is 14.7. The van der Waals surface area contributed by atoms with E-state index in [9.17, 15) is 33.6 Å². The minimum absolute atomic E-state index is 0.00305. The van der Waals surface area contributed by atoms with Crippen LogP contribution < -0.4 is 26.6 Å². The van der Waals surface area contributed by atoms with Crippen molar-refractivity contribution in [3.05, 3.63) is 0 Å². The molecule has 4 fully saturated rings. The lowest BCUT2D eigenvalue weighted by atomic mass is 9.83. The van der Waals surface area contributed by atoms with E-state index in [0.717, 1.165) is 70.6 Å². The van der Waals surface area contributed by atoms with Gasteiger partial charge in [-0.2, -0.15) is 0 Å². The van der Waals surface area contributed by atoms with Crippen LogP contribution in [0.4, 0.5) is 4.79 Å². The lowest BCUT2D eigenvalue weighted by Crippen LogP contribution is -2.62. The van der Waals surface area contributed by atoms with Crippen LogP contribution in [0, 0.1) is 17.8 Å². The normalized spacial score (nSPS) is 24.2. The van der Waals surface area contributed by atoms with Crippen LogP contribution in [-0.4, -0.2) is 94.7 Å². The highest BCUT2D eigenvalue weighted by atomic mass is 16.6. The number of hydrogen-bond acceptors (Lipinski definition) is 8. The van der Waals surface area contributed by atoms with Crippen LogP contribution in [0.1, 0.15) is 131 Å². The molecule has 52 heavy (non-hydrogen) atoms. The quantitative estimate of drug-likeness (QED) is 0.150. The van der Waals surface area contributed by atoms with Gasteiger partial charge in [-0.15, -0.1) is 0 Å². The zero-order chi connectivity index (χ0) is 38.1. The van der Waals surface area contributed by atoms with E-state index in [1.807, 2.05) is 20.8 Å². The largest absolute Gasteiger partial charge is 0.447 e. The molecule has 0 radical (unpaired) electrons. The first-order valence-corrected chi connectivity index (χ1v) is 19.8. The van der Waals surface area contributed by atoms with Crippen LogP contribution >= 0.6 is 0 Å². The van der Waals surface area contributed by atoms with Crippen LogP contribution in [-0.2, 0) is 33.5 Å². The molecule has 1 heterocycles. The third-order valence-corrected chi connectivity index (χ3v) is 11.0. The van der Waals surface area contributed by atoms with Gasteiger partial charge in [-0.1, -0.05) is 59.3 Å². The molecule has 5 N–H and O–H groups in total. The van der Waals surface area contributed by atoms with Crippen LogP contribution in [0.5, 0.6) is 0 Å². The Balaban J connectivity index is 1.53. The average Bonchev–Trinajstić information content (AvgIpc) is 3.83. The second kappa shape index (κ2) is 18.9. The number of amides is 6. The number of Topliss-reactive ketones (excluding diaryl/α,β-unsaturated/α-hetero) is 1. The molecule has 3 aliphatic carbocycles. The van der Waals surface area contributed by atoms with Gasteiger partial charge in [0.1, 0.15) is 24.2 Å². The third-order valence-electron chi connectivity index (χ3n) is 11.0. The van der Waals surface area contributed by atoms with E-state index in [2.05, 4.69) is 26.6 Å². The van der Waals surface area contributed by atoms with Crippen LogP contribution in [0.25, 0.3) is 0 Å². The maximum atomic E-state index is 14.7. The summed E-state index contributed by atoms with van der Waals surface area (Å²) in [7, 11) is 0. The second-order valence-electron chi connectivity index (χ2n) is 16.0. The van der Waals surface area contributed by atoms with Crippen LogP contribution in [0.3, 0.4) is 0 Å². The number of ketones is 1. The summed E-state index contributed by atoms with van der Waals surface area (Å²) < 4.78 is 5.11. The minimum atomic E-state index is -1.000. The number of hydrogen-bond donors (Lipinski definition) is 5. The van der Waals surface area contributed by atoms with Crippen LogP contribution in [0.2, 0.25) is 0 Å². The van der Waals surface area contributed by atoms with Crippen molar-refractivity contribution >= 4 is 41.4 Å². The number of nitrogens with zero attached hydrogens (tertiary/aromatic N) is 1. The molecule has 14 nitrogen and oxygen atoms in total. The molecular weight excluding hydrogens is 668 g/mol. The zero-order valence-electron chi connectivity index (χ0n) is 32.0. The van der Waals surface area contributed by atoms with Crippen molar-refractivity contribution < 1.29 is 38.3 Å². The number of carbonyl (C=O) groups is 7. The lowest BCUT2D eigenvalue weighted by Gasteiger charge is -2.38. The zero-order valence-corrected chi connectivity index (χ0v) is 32.0. The summed E-state index contributed by atoms with van der Waals surface area (Å²) in [5.74, 6) is -3.65. The molecule has 6 amide bonds. The fraction of sp³-hybridized carbons (Fsp3) is 0.816. The van der Waals surface area contributed by atoms with E-state index >= 15 is 0 Å². The molecule has 1 saturated heterocycles. The Labute approximate surface area is 308 Å². The summed E-state index contributed by atoms with van der Waals surface area (Å²) in [6.45, 7) is 10.5. The number of likely N-dealkylation sites (tertiary alicyclic amines) is 1. The highest BCUT2D eigenvalue weighted by molar-refractivity contribution is 6.38. The van der Waals surface area contributed by atoms with Gasteiger partial charge in [0.2, 0.25) is 29.4 Å². The van der Waals surface area contributed by atoms with E-state index in [1.54, 1.807) is 18.7 Å². The van der Waals surface area contributed by atoms with E-state index in [0.29, 0.717) is 19.3 Å². The predicted molar refractivity (Wildman–Crippen MR) is 193 cm³/mol. The van der Waals surface area contributed by atoms with E-state index in [-0.39, 0.29) is 41.8 Å². The first-order valence-electron chi connectivity index (χ1n) is 19.8. The van der Waals surface area contributed by atoms with Gasteiger partial charge in [0.25, 0.3) is 5.91 Å². The molecule has 0 aromatic heterocycles. The Morgan fingerprint density at radius 2 is 1.40 bits per heavy atom. The van der Waals surface area contributed by atoms with Gasteiger partial charge >= 0.3 is 6.09 Å². The SMILES string of the molecule is CCCC(NC(=O)[C@@H]1CC2CCCCC2N1C(=O)[C@@H](NC(=O)[C@@H](NC(=O)[C@H](C)NC(=O)OC(C)C)C1CCCCC1)C(C)C)C(=O)C(=O)NC1CC1. The summed E-state index contributed by atoms with van der Waals surface area (Å²) in [5, 5.41) is 13.9. The van der Waals surface area contributed by atoms with Crippen molar-refractivity contribution in [1.29, 1.82) is 0 Å². The highest BCUT2D eigenvalue weighted by Crippen LogP contribution is 2.40. The number of ether oxygens (including phenoxy) is 1. The molecule has 1 aliphatic heterocycles. The summed E-state index contributed by atoms with van der Waals surface area (Å²) >= 11 is 0. The van der Waals surface area contributed by atoms with Crippen molar-refractivity contribution in [3.63, 3.8) is 0 Å². The monoisotopic (exact) mass is 730 g/mol. The van der Waals surface area contributed by atoms with Gasteiger partial charge in [-0.3, -0.25) is 28.8 Å². The number of alkyl carbamates (subject to hydrolysis) is 1. The van der Waals surface area contributed by atoms with Crippen molar-refractivity contribution in [2.75, 3.05) is 0 Å². The maximum Gasteiger partial charge on any atom is 0.408 e. The smallest absolute Gasteiger partial charge is 0.408 e. The molecule has 0 bridgehead atoms. The summed E-state index contributed by atoms with van der Waals surface area (Å²) in [6, 6.07) is -4.94. The molecule has 3 unspecified atom stereocenters. The molecule has 0 aromatic rings. The van der Waals surface area contributed by atoms with E-state index in [4.69, 9.17) is 4.74 Å². The Bertz CT molecular complexity index is 1310. The average molecular weight is 731 g/mol. The summed E-state index contributed by atoms with van der Waals surface area (Å²) in [5.41, 5.74) is 0. The van der Waals surface area contributed by atoms with Crippen molar-refractivity contribution in [2.45, 2.75) is 180 Å². The molecule has 0 spiro atoms. The minimum Gasteiger partial charge on any atom is -0.447 e. The molecule has 292 valence electrons. The summed E-state index contributed by atoms with van der Waals surface area (Å²) in [4.78, 5) is 95.8. The Kier molecular flexibility index (Phi) is 14.9. The van der Waals surface area contributed by atoms with E-state index < -0.39 is 65.7 Å². The van der Waals surface area contributed by atoms with Gasteiger partial charge in [-0.05, 0) is 89.9 Å². The first-order chi connectivity index (χ1) is 24.7. The molecule has 3 saturated carbocycles. The Morgan fingerprint density at radius 3 is 2.02 bits per heavy atom. The molecule has 4 aliphatic rings. The van der Waals surface area contributed by atoms with Crippen molar-refractivity contribution in [2.24, 2.45) is 17.8 Å². The lowest BCUT2D eigenvalue weighted by molar-refractivity contribution is -0.146. The summed E-state index contributed by atoms with van der Waals surface area (Å²) in [6.07, 6.45) is 9.64. The van der Waals surface area contributed by atoms with Gasteiger partial charge in [-0.25, -0.2) is 4.79 Å². The van der Waals surface area contributed by atoms with Crippen molar-refractivity contribution in [1.82, 2.24) is 31.5 Å². The molecule has 4 rings (SSSR count). The Hall–Kier alpha value is -3.71. The highest BCUT2D eigenvalue weighted by Gasteiger charge is 2.50. The van der Waals surface area contributed by atoms with Crippen molar-refractivity contribution in [3.8, 4) is 0 Å². The number of fused-ring (bicyclic) bond motifs is 1. The van der Waals surface area contributed by atoms with Gasteiger partial charge < -0.3 is 36.2 Å². The molecule has 7 atom stereocenters. The van der Waals surface area contributed by atoms with Gasteiger partial charge in [0, 0.05) is 12.1 Å². The third kappa shape index (κ3) is 10.9. The number of carbonyl (C=O) groups excluding carboxylic acids is 7. The fourth-order valence-corrected chi connectivity index (χ4v) is 8.03.